The van der Waals surface area contributed by atoms with Crippen molar-refractivity contribution >= 4 is 11.0 Å². The molecule has 1 N–H and O–H groups in total. The first kappa shape index (κ1) is 11.8. The van der Waals surface area contributed by atoms with E-state index in [2.05, 4.69) is 35.1 Å². The summed E-state index contributed by atoms with van der Waals surface area (Å²) >= 11 is 0. The van der Waals surface area contributed by atoms with E-state index in [0.717, 1.165) is 40.9 Å². The Morgan fingerprint density at radius 3 is 2.74 bits per heavy atom. The third-order valence-electron chi connectivity index (χ3n) is 3.06. The van der Waals surface area contributed by atoms with E-state index in [1.165, 1.54) is 0 Å². The number of H-pyrrole nitrogens is 1. The molecule has 0 atom stereocenters. The number of pyridine rings is 1. The van der Waals surface area contributed by atoms with Gasteiger partial charge in [0.1, 0.15) is 11.4 Å². The molecule has 0 aliphatic heterocycles. The van der Waals surface area contributed by atoms with Crippen LogP contribution in [0.5, 0.6) is 5.75 Å². The van der Waals surface area contributed by atoms with Crippen LogP contribution in [0.15, 0.2) is 48.8 Å². The maximum atomic E-state index is 5.58. The van der Waals surface area contributed by atoms with Gasteiger partial charge in [-0.25, -0.2) is 4.98 Å². The second kappa shape index (κ2) is 5.14. The van der Waals surface area contributed by atoms with Crippen molar-refractivity contribution in [1.29, 1.82) is 0 Å². The molecule has 3 nitrogen and oxygen atoms in total. The highest BCUT2D eigenvalue weighted by molar-refractivity contribution is 5.81. The fourth-order valence-corrected chi connectivity index (χ4v) is 2.06. The lowest BCUT2D eigenvalue weighted by Crippen LogP contribution is -1.94. The van der Waals surface area contributed by atoms with Crippen LogP contribution in [0, 0.1) is 0 Å². The number of hydrogen-bond acceptors (Lipinski definition) is 2. The SMILES string of the molecule is CCCOc1ccc(-c2cnc3[nH]ccc3c2)cc1. The minimum atomic E-state index is 0.760. The lowest BCUT2D eigenvalue weighted by atomic mass is 10.1. The van der Waals surface area contributed by atoms with Crippen LogP contribution in [-0.2, 0) is 0 Å². The molecule has 0 spiro atoms. The number of rotatable bonds is 4. The molecule has 0 fully saturated rings. The van der Waals surface area contributed by atoms with Crippen LogP contribution in [0.1, 0.15) is 13.3 Å². The van der Waals surface area contributed by atoms with Crippen molar-refractivity contribution in [3.8, 4) is 16.9 Å². The Morgan fingerprint density at radius 2 is 1.95 bits per heavy atom. The van der Waals surface area contributed by atoms with E-state index in [4.69, 9.17) is 4.74 Å². The minimum absolute atomic E-state index is 0.760. The summed E-state index contributed by atoms with van der Waals surface area (Å²) in [5.41, 5.74) is 3.19. The van der Waals surface area contributed by atoms with Gasteiger partial charge in [-0.2, -0.15) is 0 Å². The number of fused-ring (bicyclic) bond motifs is 1. The monoisotopic (exact) mass is 252 g/mol. The molecule has 19 heavy (non-hydrogen) atoms. The fraction of sp³-hybridized carbons (Fsp3) is 0.188. The van der Waals surface area contributed by atoms with Gasteiger partial charge in [0.2, 0.25) is 0 Å². The highest BCUT2D eigenvalue weighted by Gasteiger charge is 2.02. The molecule has 2 aromatic heterocycles. The van der Waals surface area contributed by atoms with Crippen molar-refractivity contribution in [2.24, 2.45) is 0 Å². The van der Waals surface area contributed by atoms with Crippen LogP contribution in [0.2, 0.25) is 0 Å². The Hall–Kier alpha value is -2.29. The van der Waals surface area contributed by atoms with Crippen LogP contribution in [-0.4, -0.2) is 16.6 Å². The third kappa shape index (κ3) is 2.45. The molecule has 1 aromatic carbocycles. The van der Waals surface area contributed by atoms with Crippen molar-refractivity contribution in [2.75, 3.05) is 6.61 Å². The lowest BCUT2D eigenvalue weighted by molar-refractivity contribution is 0.317. The lowest BCUT2D eigenvalue weighted by Gasteiger charge is -2.06. The summed E-state index contributed by atoms with van der Waals surface area (Å²) in [6, 6.07) is 12.3. The zero-order valence-electron chi connectivity index (χ0n) is 10.9. The van der Waals surface area contributed by atoms with Crippen molar-refractivity contribution in [1.82, 2.24) is 9.97 Å². The molecule has 0 radical (unpaired) electrons. The molecule has 0 aliphatic rings. The number of aromatic nitrogens is 2. The van der Waals surface area contributed by atoms with Crippen molar-refractivity contribution in [3.05, 3.63) is 48.8 Å². The maximum Gasteiger partial charge on any atom is 0.137 e. The summed E-state index contributed by atoms with van der Waals surface area (Å²) in [5, 5.41) is 1.13. The first-order chi connectivity index (χ1) is 9.36. The number of nitrogens with one attached hydrogen (secondary N) is 1. The predicted molar refractivity (Wildman–Crippen MR) is 77.3 cm³/mol. The fourth-order valence-electron chi connectivity index (χ4n) is 2.06. The van der Waals surface area contributed by atoms with Gasteiger partial charge in [0.05, 0.1) is 6.61 Å². The van der Waals surface area contributed by atoms with E-state index in [1.54, 1.807) is 0 Å². The Kier molecular flexibility index (Phi) is 3.19. The molecular formula is C16H16N2O. The van der Waals surface area contributed by atoms with E-state index in [-0.39, 0.29) is 0 Å². The van der Waals surface area contributed by atoms with Crippen LogP contribution in [0.4, 0.5) is 0 Å². The Balaban J connectivity index is 1.88. The highest BCUT2D eigenvalue weighted by Crippen LogP contribution is 2.24. The van der Waals surface area contributed by atoms with Gasteiger partial charge in [-0.3, -0.25) is 0 Å². The van der Waals surface area contributed by atoms with E-state index in [1.807, 2.05) is 30.6 Å². The zero-order valence-corrected chi connectivity index (χ0v) is 10.9. The summed E-state index contributed by atoms with van der Waals surface area (Å²) in [6.45, 7) is 2.86. The highest BCUT2D eigenvalue weighted by atomic mass is 16.5. The van der Waals surface area contributed by atoms with Gasteiger partial charge in [-0.05, 0) is 36.2 Å². The molecule has 0 amide bonds. The van der Waals surface area contributed by atoms with Gasteiger partial charge in [-0.15, -0.1) is 0 Å². The van der Waals surface area contributed by atoms with Crippen LogP contribution >= 0.6 is 0 Å². The van der Waals surface area contributed by atoms with E-state index in [9.17, 15) is 0 Å². The van der Waals surface area contributed by atoms with Gasteiger partial charge in [0.15, 0.2) is 0 Å². The summed E-state index contributed by atoms with van der Waals surface area (Å²) in [7, 11) is 0. The number of nitrogens with zero attached hydrogens (tertiary/aromatic N) is 1. The smallest absolute Gasteiger partial charge is 0.137 e. The number of benzene rings is 1. The normalized spacial score (nSPS) is 10.8. The molecule has 0 unspecified atom stereocenters. The number of aromatic amines is 1. The molecule has 2 heterocycles. The standard InChI is InChI=1S/C16H16N2O/c1-2-9-19-15-5-3-12(4-6-15)14-10-13-7-8-17-16(13)18-11-14/h3-8,10-11H,2,9H2,1H3,(H,17,18). The quantitative estimate of drug-likeness (QED) is 0.761. The largest absolute Gasteiger partial charge is 0.494 e. The first-order valence-electron chi connectivity index (χ1n) is 6.53. The molecule has 3 rings (SSSR count). The van der Waals surface area contributed by atoms with E-state index < -0.39 is 0 Å². The molecule has 0 bridgehead atoms. The average molecular weight is 252 g/mol. The first-order valence-corrected chi connectivity index (χ1v) is 6.53. The molecule has 0 saturated carbocycles. The molecular weight excluding hydrogens is 236 g/mol. The summed E-state index contributed by atoms with van der Waals surface area (Å²) in [6.07, 6.45) is 4.82. The van der Waals surface area contributed by atoms with Crippen molar-refractivity contribution in [3.63, 3.8) is 0 Å². The summed E-state index contributed by atoms with van der Waals surface area (Å²) in [4.78, 5) is 7.50. The van der Waals surface area contributed by atoms with Crippen molar-refractivity contribution < 1.29 is 4.74 Å². The van der Waals surface area contributed by atoms with Crippen LogP contribution in [0.25, 0.3) is 22.2 Å². The maximum absolute atomic E-state index is 5.58. The third-order valence-corrected chi connectivity index (χ3v) is 3.06. The zero-order chi connectivity index (χ0) is 13.1. The second-order valence-corrected chi connectivity index (χ2v) is 4.51. The molecule has 3 heteroatoms. The molecule has 96 valence electrons. The van der Waals surface area contributed by atoms with Crippen LogP contribution < -0.4 is 4.74 Å². The van der Waals surface area contributed by atoms with Gasteiger partial charge in [-0.1, -0.05) is 19.1 Å². The molecule has 0 saturated heterocycles. The summed E-state index contributed by atoms with van der Waals surface area (Å²) < 4.78 is 5.58. The Morgan fingerprint density at radius 1 is 1.11 bits per heavy atom. The Bertz CT molecular complexity index is 671. The average Bonchev–Trinajstić information content (AvgIpc) is 2.93. The Labute approximate surface area is 112 Å². The van der Waals surface area contributed by atoms with Gasteiger partial charge >= 0.3 is 0 Å². The minimum Gasteiger partial charge on any atom is -0.494 e. The topological polar surface area (TPSA) is 37.9 Å². The van der Waals surface area contributed by atoms with Gasteiger partial charge < -0.3 is 9.72 Å². The second-order valence-electron chi connectivity index (χ2n) is 4.51. The predicted octanol–water partition coefficient (Wildman–Crippen LogP) is 4.02. The van der Waals surface area contributed by atoms with Gasteiger partial charge in [0, 0.05) is 23.3 Å². The number of ether oxygens (including phenoxy) is 1. The van der Waals surface area contributed by atoms with E-state index in [0.29, 0.717) is 0 Å². The molecule has 0 aliphatic carbocycles. The van der Waals surface area contributed by atoms with Gasteiger partial charge in [0.25, 0.3) is 0 Å². The van der Waals surface area contributed by atoms with Crippen LogP contribution in [0.3, 0.4) is 0 Å². The van der Waals surface area contributed by atoms with E-state index >= 15 is 0 Å². The summed E-state index contributed by atoms with van der Waals surface area (Å²) in [5.74, 6) is 0.918. The number of hydrogen-bond donors (Lipinski definition) is 1. The molecule has 3 aromatic rings. The van der Waals surface area contributed by atoms with Crippen molar-refractivity contribution in [2.45, 2.75) is 13.3 Å².